The maximum Gasteiger partial charge on any atom is 0.325 e. The minimum absolute atomic E-state index is 0.166. The number of rotatable bonds is 4. The molecule has 1 aliphatic rings. The Kier molecular flexibility index (Phi) is 3.99. The highest BCUT2D eigenvalue weighted by atomic mass is 16.2. The molecule has 0 radical (unpaired) electrons. The van der Waals surface area contributed by atoms with E-state index < -0.39 is 6.04 Å². The number of hydrogen-bond donors (Lipinski definition) is 2. The smallest absolute Gasteiger partial charge is 0.325 e. The van der Waals surface area contributed by atoms with Crippen molar-refractivity contribution in [3.63, 3.8) is 0 Å². The molecule has 1 aliphatic heterocycles. The molecule has 5 nitrogen and oxygen atoms in total. The minimum atomic E-state index is -0.521. The summed E-state index contributed by atoms with van der Waals surface area (Å²) in [4.78, 5) is 29.7. The molecule has 3 amide bonds. The van der Waals surface area contributed by atoms with Crippen molar-refractivity contribution in [1.29, 1.82) is 0 Å². The van der Waals surface area contributed by atoms with Crippen molar-refractivity contribution in [3.8, 4) is 0 Å². The van der Waals surface area contributed by atoms with Gasteiger partial charge in [0.05, 0.1) is 6.54 Å². The van der Waals surface area contributed by atoms with Gasteiger partial charge in [0.2, 0.25) is 0 Å². The molecule has 5 heteroatoms. The van der Waals surface area contributed by atoms with Crippen molar-refractivity contribution in [2.24, 2.45) is 0 Å². The summed E-state index contributed by atoms with van der Waals surface area (Å²) in [5.74, 6) is -0.166. The van der Waals surface area contributed by atoms with Gasteiger partial charge in [-0.25, -0.2) is 4.79 Å². The Hall–Kier alpha value is -3.08. The number of para-hydroxylation sites is 1. The van der Waals surface area contributed by atoms with Crippen LogP contribution in [0.2, 0.25) is 0 Å². The lowest BCUT2D eigenvalue weighted by atomic mass is 10.0. The van der Waals surface area contributed by atoms with Crippen LogP contribution < -0.4 is 5.32 Å². The summed E-state index contributed by atoms with van der Waals surface area (Å²) in [6.07, 6.45) is 2.40. The zero-order valence-electron chi connectivity index (χ0n) is 14.9. The van der Waals surface area contributed by atoms with E-state index in [0.29, 0.717) is 13.0 Å². The second-order valence-electron chi connectivity index (χ2n) is 6.92. The largest absolute Gasteiger partial charge is 0.361 e. The average Bonchev–Trinajstić information content (AvgIpc) is 3.15. The molecule has 3 aromatic rings. The molecular formula is C21H21N3O2. The van der Waals surface area contributed by atoms with Gasteiger partial charge in [-0.2, -0.15) is 0 Å². The Balaban J connectivity index is 1.54. The van der Waals surface area contributed by atoms with Crippen LogP contribution in [0, 0.1) is 13.8 Å². The van der Waals surface area contributed by atoms with Crippen LogP contribution in [0.4, 0.5) is 4.79 Å². The van der Waals surface area contributed by atoms with Crippen LogP contribution >= 0.6 is 0 Å². The standard InChI is InChI=1S/C21H21N3O2/c1-13-7-8-14(2)16(9-13)12-24-20(25)19(23-21(24)26)10-15-11-22-18-6-4-3-5-17(15)18/h3-9,11,19,22H,10,12H2,1-2H3,(H,23,26). The average molecular weight is 347 g/mol. The van der Waals surface area contributed by atoms with E-state index >= 15 is 0 Å². The van der Waals surface area contributed by atoms with Crippen molar-refractivity contribution in [3.05, 3.63) is 70.9 Å². The first-order valence-electron chi connectivity index (χ1n) is 8.76. The number of nitrogens with one attached hydrogen (secondary N) is 2. The van der Waals surface area contributed by atoms with E-state index in [2.05, 4.69) is 10.3 Å². The van der Waals surface area contributed by atoms with Gasteiger partial charge in [0.15, 0.2) is 0 Å². The molecule has 1 atom stereocenters. The van der Waals surface area contributed by atoms with Gasteiger partial charge >= 0.3 is 6.03 Å². The molecule has 2 N–H and O–H groups in total. The molecule has 0 bridgehead atoms. The Labute approximate surface area is 152 Å². The van der Waals surface area contributed by atoms with Crippen LogP contribution in [0.3, 0.4) is 0 Å². The molecule has 1 fully saturated rings. The van der Waals surface area contributed by atoms with Crippen molar-refractivity contribution in [1.82, 2.24) is 15.2 Å². The number of aromatic amines is 1. The molecule has 1 unspecified atom stereocenters. The number of aromatic nitrogens is 1. The fourth-order valence-electron chi connectivity index (χ4n) is 3.53. The van der Waals surface area contributed by atoms with Crippen LogP contribution in [-0.2, 0) is 17.8 Å². The third kappa shape index (κ3) is 2.86. The summed E-state index contributed by atoms with van der Waals surface area (Å²) in [5, 5.41) is 3.92. The van der Waals surface area contributed by atoms with E-state index in [1.165, 1.54) is 4.90 Å². The van der Waals surface area contributed by atoms with E-state index in [0.717, 1.165) is 33.2 Å². The third-order valence-corrected chi connectivity index (χ3v) is 5.04. The number of urea groups is 1. The van der Waals surface area contributed by atoms with E-state index in [4.69, 9.17) is 0 Å². The van der Waals surface area contributed by atoms with Gasteiger partial charge in [-0.15, -0.1) is 0 Å². The van der Waals surface area contributed by atoms with Crippen LogP contribution in [0.25, 0.3) is 10.9 Å². The summed E-state index contributed by atoms with van der Waals surface area (Å²) in [7, 11) is 0. The number of aryl methyl sites for hydroxylation is 2. The second-order valence-corrected chi connectivity index (χ2v) is 6.92. The van der Waals surface area contributed by atoms with Gasteiger partial charge in [0.1, 0.15) is 6.04 Å². The Morgan fingerprint density at radius 1 is 1.04 bits per heavy atom. The first kappa shape index (κ1) is 16.4. The maximum atomic E-state index is 12.8. The number of nitrogens with zero attached hydrogens (tertiary/aromatic N) is 1. The molecule has 1 aromatic heterocycles. The first-order chi connectivity index (χ1) is 12.5. The Bertz CT molecular complexity index is 1010. The van der Waals surface area contributed by atoms with Crippen molar-refractivity contribution >= 4 is 22.8 Å². The highest BCUT2D eigenvalue weighted by Crippen LogP contribution is 2.22. The molecule has 2 aromatic carbocycles. The number of carbonyl (C=O) groups is 2. The second kappa shape index (κ2) is 6.33. The summed E-state index contributed by atoms with van der Waals surface area (Å²) >= 11 is 0. The number of hydrogen-bond acceptors (Lipinski definition) is 2. The van der Waals surface area contributed by atoms with Gasteiger partial charge in [0, 0.05) is 23.5 Å². The fraction of sp³-hybridized carbons (Fsp3) is 0.238. The SMILES string of the molecule is Cc1ccc(C)c(CN2C(=O)NC(Cc3c[nH]c4ccccc34)C2=O)c1. The summed E-state index contributed by atoms with van der Waals surface area (Å²) in [6.45, 7) is 4.31. The van der Waals surface area contributed by atoms with E-state index in [1.807, 2.05) is 62.5 Å². The molecule has 2 heterocycles. The summed E-state index contributed by atoms with van der Waals surface area (Å²) < 4.78 is 0. The van der Waals surface area contributed by atoms with Crippen LogP contribution in [0.15, 0.2) is 48.7 Å². The van der Waals surface area contributed by atoms with Gasteiger partial charge in [-0.3, -0.25) is 9.69 Å². The van der Waals surface area contributed by atoms with Gasteiger partial charge in [-0.05, 0) is 36.6 Å². The zero-order chi connectivity index (χ0) is 18.3. The molecule has 0 aliphatic carbocycles. The molecule has 132 valence electrons. The maximum absolute atomic E-state index is 12.8. The van der Waals surface area contributed by atoms with Crippen molar-refractivity contribution < 1.29 is 9.59 Å². The number of carbonyl (C=O) groups excluding carboxylic acids is 2. The van der Waals surface area contributed by atoms with Crippen LogP contribution in [0.1, 0.15) is 22.3 Å². The molecule has 26 heavy (non-hydrogen) atoms. The molecular weight excluding hydrogens is 326 g/mol. The first-order valence-corrected chi connectivity index (χ1v) is 8.76. The number of imide groups is 1. The number of fused-ring (bicyclic) bond motifs is 1. The lowest BCUT2D eigenvalue weighted by Crippen LogP contribution is -2.32. The van der Waals surface area contributed by atoms with E-state index in [9.17, 15) is 9.59 Å². The topological polar surface area (TPSA) is 65.2 Å². The van der Waals surface area contributed by atoms with E-state index in [-0.39, 0.29) is 11.9 Å². The highest BCUT2D eigenvalue weighted by Gasteiger charge is 2.38. The normalized spacial score (nSPS) is 17.2. The van der Waals surface area contributed by atoms with Gasteiger partial charge in [0.25, 0.3) is 5.91 Å². The Morgan fingerprint density at radius 2 is 1.85 bits per heavy atom. The highest BCUT2D eigenvalue weighted by molar-refractivity contribution is 6.04. The van der Waals surface area contributed by atoms with E-state index in [1.54, 1.807) is 0 Å². The number of amides is 3. The summed E-state index contributed by atoms with van der Waals surface area (Å²) in [5.41, 5.74) is 5.27. The van der Waals surface area contributed by atoms with Crippen molar-refractivity contribution in [2.75, 3.05) is 0 Å². The van der Waals surface area contributed by atoms with Gasteiger partial charge in [-0.1, -0.05) is 42.0 Å². The lowest BCUT2D eigenvalue weighted by molar-refractivity contribution is -0.127. The number of H-pyrrole nitrogens is 1. The lowest BCUT2D eigenvalue weighted by Gasteiger charge is -2.15. The number of benzene rings is 2. The fourth-order valence-corrected chi connectivity index (χ4v) is 3.53. The van der Waals surface area contributed by atoms with Gasteiger partial charge < -0.3 is 10.3 Å². The predicted molar refractivity (Wildman–Crippen MR) is 101 cm³/mol. The monoisotopic (exact) mass is 347 g/mol. The molecule has 0 saturated carbocycles. The zero-order valence-corrected chi connectivity index (χ0v) is 14.9. The summed E-state index contributed by atoms with van der Waals surface area (Å²) in [6, 6.07) is 13.2. The quantitative estimate of drug-likeness (QED) is 0.710. The van der Waals surface area contributed by atoms with Crippen LogP contribution in [0.5, 0.6) is 0 Å². The third-order valence-electron chi connectivity index (χ3n) is 5.04. The minimum Gasteiger partial charge on any atom is -0.361 e. The predicted octanol–water partition coefficient (Wildman–Crippen LogP) is 3.45. The molecule has 0 spiro atoms. The van der Waals surface area contributed by atoms with Crippen molar-refractivity contribution in [2.45, 2.75) is 32.9 Å². The molecule has 4 rings (SSSR count). The Morgan fingerprint density at radius 3 is 2.69 bits per heavy atom. The molecule has 1 saturated heterocycles. The van der Waals surface area contributed by atoms with Crippen LogP contribution in [-0.4, -0.2) is 27.9 Å².